The maximum absolute atomic E-state index is 12.5. The van der Waals surface area contributed by atoms with E-state index in [1.807, 2.05) is 30.3 Å². The summed E-state index contributed by atoms with van der Waals surface area (Å²) in [5.74, 6) is -1.77. The van der Waals surface area contributed by atoms with E-state index in [0.717, 1.165) is 10.8 Å². The highest BCUT2D eigenvalue weighted by molar-refractivity contribution is 6.08. The predicted octanol–water partition coefficient (Wildman–Crippen LogP) is 1.67. The SMILES string of the molecule is COC(=O)C[C@@H](NC(=O)c1cccc2ccccc12)C(=O)OC. The molecule has 0 spiro atoms. The van der Waals surface area contributed by atoms with Crippen molar-refractivity contribution < 1.29 is 23.9 Å². The Labute approximate surface area is 133 Å². The molecule has 0 aliphatic rings. The van der Waals surface area contributed by atoms with Crippen LogP contribution in [0.5, 0.6) is 0 Å². The van der Waals surface area contributed by atoms with Crippen LogP contribution in [0, 0.1) is 0 Å². The van der Waals surface area contributed by atoms with Crippen LogP contribution in [-0.4, -0.2) is 38.1 Å². The van der Waals surface area contributed by atoms with Crippen molar-refractivity contribution in [3.05, 3.63) is 48.0 Å². The van der Waals surface area contributed by atoms with E-state index < -0.39 is 23.9 Å². The van der Waals surface area contributed by atoms with Crippen LogP contribution in [0.3, 0.4) is 0 Å². The molecule has 0 aliphatic heterocycles. The minimum atomic E-state index is -1.10. The second kappa shape index (κ2) is 7.40. The van der Waals surface area contributed by atoms with Crippen LogP contribution in [0.15, 0.2) is 42.5 Å². The van der Waals surface area contributed by atoms with E-state index >= 15 is 0 Å². The largest absolute Gasteiger partial charge is 0.469 e. The number of rotatable bonds is 5. The Morgan fingerprint density at radius 2 is 1.70 bits per heavy atom. The van der Waals surface area contributed by atoms with Gasteiger partial charge in [-0.2, -0.15) is 0 Å². The van der Waals surface area contributed by atoms with Crippen molar-refractivity contribution in [1.29, 1.82) is 0 Å². The quantitative estimate of drug-likeness (QED) is 0.849. The third kappa shape index (κ3) is 3.85. The fraction of sp³-hybridized carbons (Fsp3) is 0.235. The molecule has 2 aromatic carbocycles. The molecule has 2 aromatic rings. The highest BCUT2D eigenvalue weighted by Gasteiger charge is 2.26. The lowest BCUT2D eigenvalue weighted by molar-refractivity contribution is -0.149. The normalized spacial score (nSPS) is 11.6. The van der Waals surface area contributed by atoms with Gasteiger partial charge in [0, 0.05) is 5.56 Å². The fourth-order valence-electron chi connectivity index (χ4n) is 2.24. The maximum atomic E-state index is 12.5. The van der Waals surface area contributed by atoms with Gasteiger partial charge in [-0.3, -0.25) is 9.59 Å². The fourth-order valence-corrected chi connectivity index (χ4v) is 2.24. The molecule has 2 rings (SSSR count). The topological polar surface area (TPSA) is 81.7 Å². The summed E-state index contributed by atoms with van der Waals surface area (Å²) in [4.78, 5) is 35.6. The third-order valence-corrected chi connectivity index (χ3v) is 3.42. The molecule has 6 nitrogen and oxygen atoms in total. The summed E-state index contributed by atoms with van der Waals surface area (Å²) in [7, 11) is 2.40. The maximum Gasteiger partial charge on any atom is 0.328 e. The van der Waals surface area contributed by atoms with E-state index in [9.17, 15) is 14.4 Å². The van der Waals surface area contributed by atoms with Crippen LogP contribution < -0.4 is 5.32 Å². The van der Waals surface area contributed by atoms with E-state index in [1.165, 1.54) is 14.2 Å². The van der Waals surface area contributed by atoms with Gasteiger partial charge in [-0.05, 0) is 16.8 Å². The van der Waals surface area contributed by atoms with Gasteiger partial charge in [-0.25, -0.2) is 4.79 Å². The molecule has 1 N–H and O–H groups in total. The molecular weight excluding hydrogens is 298 g/mol. The first-order valence-corrected chi connectivity index (χ1v) is 7.00. The zero-order valence-corrected chi connectivity index (χ0v) is 12.9. The monoisotopic (exact) mass is 315 g/mol. The Balaban J connectivity index is 2.26. The molecule has 120 valence electrons. The van der Waals surface area contributed by atoms with Crippen LogP contribution in [0.1, 0.15) is 16.8 Å². The van der Waals surface area contributed by atoms with Gasteiger partial charge in [0.05, 0.1) is 20.6 Å². The first-order valence-electron chi connectivity index (χ1n) is 7.00. The number of amides is 1. The summed E-state index contributed by atoms with van der Waals surface area (Å²) < 4.78 is 9.16. The molecule has 0 aliphatic carbocycles. The second-order valence-electron chi connectivity index (χ2n) is 4.86. The van der Waals surface area contributed by atoms with Gasteiger partial charge in [0.15, 0.2) is 0 Å². The van der Waals surface area contributed by atoms with Crippen molar-refractivity contribution in [2.45, 2.75) is 12.5 Å². The number of fused-ring (bicyclic) bond motifs is 1. The van der Waals surface area contributed by atoms with E-state index in [2.05, 4.69) is 14.8 Å². The van der Waals surface area contributed by atoms with E-state index in [1.54, 1.807) is 12.1 Å². The molecule has 0 saturated carbocycles. The van der Waals surface area contributed by atoms with Gasteiger partial charge >= 0.3 is 11.9 Å². The van der Waals surface area contributed by atoms with Gasteiger partial charge in [-0.1, -0.05) is 36.4 Å². The number of nitrogens with one attached hydrogen (secondary N) is 1. The summed E-state index contributed by atoms with van der Waals surface area (Å²) in [5.41, 5.74) is 0.418. The van der Waals surface area contributed by atoms with Crippen molar-refractivity contribution in [1.82, 2.24) is 5.32 Å². The van der Waals surface area contributed by atoms with Crippen molar-refractivity contribution in [3.8, 4) is 0 Å². The Morgan fingerprint density at radius 3 is 2.39 bits per heavy atom. The molecule has 23 heavy (non-hydrogen) atoms. The van der Waals surface area contributed by atoms with Crippen molar-refractivity contribution in [2.75, 3.05) is 14.2 Å². The lowest BCUT2D eigenvalue weighted by Crippen LogP contribution is -2.43. The number of benzene rings is 2. The summed E-state index contributed by atoms with van der Waals surface area (Å²) in [5, 5.41) is 4.19. The van der Waals surface area contributed by atoms with Crippen molar-refractivity contribution >= 4 is 28.6 Å². The van der Waals surface area contributed by atoms with Crippen molar-refractivity contribution in [2.24, 2.45) is 0 Å². The number of carbonyl (C=O) groups is 3. The Bertz CT molecular complexity index is 735. The van der Waals surface area contributed by atoms with Crippen LogP contribution in [-0.2, 0) is 19.1 Å². The van der Waals surface area contributed by atoms with Crippen LogP contribution >= 0.6 is 0 Å². The van der Waals surface area contributed by atoms with E-state index in [4.69, 9.17) is 0 Å². The number of carbonyl (C=O) groups excluding carboxylic acids is 3. The van der Waals surface area contributed by atoms with E-state index in [-0.39, 0.29) is 6.42 Å². The molecule has 0 heterocycles. The Kier molecular flexibility index (Phi) is 5.30. The molecule has 0 saturated heterocycles. The van der Waals surface area contributed by atoms with Crippen LogP contribution in [0.2, 0.25) is 0 Å². The average Bonchev–Trinajstić information content (AvgIpc) is 2.59. The highest BCUT2D eigenvalue weighted by atomic mass is 16.5. The second-order valence-corrected chi connectivity index (χ2v) is 4.86. The third-order valence-electron chi connectivity index (χ3n) is 3.42. The number of esters is 2. The minimum absolute atomic E-state index is 0.292. The summed E-state index contributed by atoms with van der Waals surface area (Å²) in [6.07, 6.45) is -0.292. The van der Waals surface area contributed by atoms with E-state index in [0.29, 0.717) is 5.56 Å². The average molecular weight is 315 g/mol. The Hall–Kier alpha value is -2.89. The van der Waals surface area contributed by atoms with Gasteiger partial charge in [0.2, 0.25) is 0 Å². The van der Waals surface area contributed by atoms with Crippen LogP contribution in [0.4, 0.5) is 0 Å². The van der Waals surface area contributed by atoms with Crippen molar-refractivity contribution in [3.63, 3.8) is 0 Å². The molecule has 0 unspecified atom stereocenters. The molecule has 0 radical (unpaired) electrons. The number of hydrogen-bond acceptors (Lipinski definition) is 5. The van der Waals surface area contributed by atoms with Gasteiger partial charge in [0.25, 0.3) is 5.91 Å². The Morgan fingerprint density at radius 1 is 1.00 bits per heavy atom. The summed E-state index contributed by atoms with van der Waals surface area (Å²) in [6, 6.07) is 11.6. The van der Waals surface area contributed by atoms with Crippen LogP contribution in [0.25, 0.3) is 10.8 Å². The minimum Gasteiger partial charge on any atom is -0.469 e. The lowest BCUT2D eigenvalue weighted by atomic mass is 10.0. The molecule has 0 bridgehead atoms. The number of methoxy groups -OCH3 is 2. The molecule has 6 heteroatoms. The molecule has 0 fully saturated rings. The molecular formula is C17H17NO5. The predicted molar refractivity (Wildman–Crippen MR) is 83.9 cm³/mol. The standard InChI is InChI=1S/C17H17NO5/c1-22-15(19)10-14(17(21)23-2)18-16(20)13-9-5-7-11-6-3-4-8-12(11)13/h3-9,14H,10H2,1-2H3,(H,18,20)/t14-/m1/s1. The lowest BCUT2D eigenvalue weighted by Gasteiger charge is -2.16. The molecule has 0 aromatic heterocycles. The summed E-state index contributed by atoms with van der Waals surface area (Å²) >= 11 is 0. The zero-order valence-electron chi connectivity index (χ0n) is 12.9. The molecule has 1 atom stereocenters. The first-order chi connectivity index (χ1) is 11.1. The molecule has 1 amide bonds. The number of ether oxygens (including phenoxy) is 2. The smallest absolute Gasteiger partial charge is 0.328 e. The highest BCUT2D eigenvalue weighted by Crippen LogP contribution is 2.18. The zero-order chi connectivity index (χ0) is 16.8. The van der Waals surface area contributed by atoms with Gasteiger partial charge < -0.3 is 14.8 Å². The van der Waals surface area contributed by atoms with Gasteiger partial charge in [0.1, 0.15) is 6.04 Å². The van der Waals surface area contributed by atoms with Gasteiger partial charge in [-0.15, -0.1) is 0 Å². The summed E-state index contributed by atoms with van der Waals surface area (Å²) in [6.45, 7) is 0. The first kappa shape index (κ1) is 16.5. The number of hydrogen-bond donors (Lipinski definition) is 1.